The third-order valence-electron chi connectivity index (χ3n) is 8.09. The van der Waals surface area contributed by atoms with Gasteiger partial charge in [0.2, 0.25) is 5.91 Å². The molecule has 4 atom stereocenters. The van der Waals surface area contributed by atoms with Crippen molar-refractivity contribution in [2.45, 2.75) is 50.6 Å². The van der Waals surface area contributed by atoms with Crippen LogP contribution in [0.2, 0.25) is 10.0 Å². The quantitative estimate of drug-likeness (QED) is 0.270. The fraction of sp³-hybridized carbons (Fsp3) is 0.364. The molecule has 0 aromatic heterocycles. The third-order valence-corrected chi connectivity index (χ3v) is 8.62. The summed E-state index contributed by atoms with van der Waals surface area (Å²) in [7, 11) is 4.28. The number of methoxy groups -OCH3 is 2. The van der Waals surface area contributed by atoms with E-state index < -0.39 is 46.9 Å². The number of esters is 1. The lowest BCUT2D eigenvalue weighted by molar-refractivity contribution is -0.120. The molecule has 232 valence electrons. The van der Waals surface area contributed by atoms with Gasteiger partial charge in [-0.2, -0.15) is 5.26 Å². The number of hydrogen-bond donors (Lipinski definition) is 1. The monoisotopic (exact) mass is 643 g/mol. The summed E-state index contributed by atoms with van der Waals surface area (Å²) < 4.78 is 42.0. The average Bonchev–Trinajstić information content (AvgIpc) is 3.20. The average molecular weight is 645 g/mol. The van der Waals surface area contributed by atoms with Crippen LogP contribution in [-0.2, 0) is 14.9 Å². The van der Waals surface area contributed by atoms with Crippen molar-refractivity contribution in [2.24, 2.45) is 5.41 Å². The summed E-state index contributed by atoms with van der Waals surface area (Å²) in [6.07, 6.45) is 0.350. The topological polar surface area (TPSA) is 91.7 Å². The highest BCUT2D eigenvalue weighted by Gasteiger charge is 2.63. The molecule has 11 heteroatoms. The first-order chi connectivity index (χ1) is 20.7. The van der Waals surface area contributed by atoms with Gasteiger partial charge >= 0.3 is 5.97 Å². The van der Waals surface area contributed by atoms with E-state index in [1.165, 1.54) is 62.8 Å². The number of carbonyl (C=O) groups excluding carboxylic acids is 2. The van der Waals surface area contributed by atoms with Gasteiger partial charge in [-0.25, -0.2) is 13.6 Å². The van der Waals surface area contributed by atoms with Gasteiger partial charge in [-0.1, -0.05) is 62.2 Å². The number of likely N-dealkylation sites (N-methyl/N-ethyl adjacent to an activating group) is 1. The molecular weight excluding hydrogens is 611 g/mol. The van der Waals surface area contributed by atoms with Crippen molar-refractivity contribution in [3.63, 3.8) is 0 Å². The van der Waals surface area contributed by atoms with E-state index in [0.29, 0.717) is 6.42 Å². The fourth-order valence-electron chi connectivity index (χ4n) is 6.24. The highest BCUT2D eigenvalue weighted by molar-refractivity contribution is 6.31. The molecular formula is C33H33Cl2F2N3O4. The van der Waals surface area contributed by atoms with Crippen molar-refractivity contribution in [1.29, 1.82) is 5.26 Å². The number of rotatable bonds is 7. The zero-order valence-electron chi connectivity index (χ0n) is 25.2. The number of nitrogens with one attached hydrogen (secondary N) is 1. The van der Waals surface area contributed by atoms with E-state index >= 15 is 8.78 Å². The van der Waals surface area contributed by atoms with E-state index in [2.05, 4.69) is 11.4 Å². The standard InChI is InChI=1S/C33H33Cl2F2N3O4/c1-32(2,3)16-26-33(17-38,22-13-10-18(34)14-24(22)36)27(21-8-7-9-23(35)28(21)37)29(40(26)4)30(41)39-19-11-12-20(31(42)44-6)25(15-19)43-5/h7-15,26-27,29H,16H2,1-6H3,(H,39,41)/t26-,27-,29+,33-/m0/s1. The molecule has 3 aromatic rings. The number of amides is 1. The SMILES string of the molecule is COC(=O)c1ccc(NC(=O)[C@H]2[C@H](c3cccc(Cl)c3F)[C@@](C#N)(c3ccc(Cl)cc3F)[C@H](CC(C)(C)C)N2C)cc1OC. The second-order valence-corrected chi connectivity index (χ2v) is 12.9. The Bertz CT molecular complexity index is 1640. The first kappa shape index (κ1) is 33.2. The summed E-state index contributed by atoms with van der Waals surface area (Å²) in [4.78, 5) is 28.2. The predicted octanol–water partition coefficient (Wildman–Crippen LogP) is 7.37. The van der Waals surface area contributed by atoms with E-state index in [4.69, 9.17) is 32.7 Å². The first-order valence-electron chi connectivity index (χ1n) is 13.8. The molecule has 1 heterocycles. The number of anilines is 1. The van der Waals surface area contributed by atoms with Gasteiger partial charge in [0.1, 0.15) is 28.4 Å². The van der Waals surface area contributed by atoms with Crippen molar-refractivity contribution in [2.75, 3.05) is 26.6 Å². The molecule has 1 fully saturated rings. The number of hydrogen-bond acceptors (Lipinski definition) is 6. The molecule has 0 bridgehead atoms. The van der Waals surface area contributed by atoms with Gasteiger partial charge in [0.05, 0.1) is 31.4 Å². The third kappa shape index (κ3) is 5.99. The van der Waals surface area contributed by atoms with Crippen LogP contribution in [0.25, 0.3) is 0 Å². The molecule has 7 nitrogen and oxygen atoms in total. The van der Waals surface area contributed by atoms with Crippen LogP contribution < -0.4 is 10.1 Å². The fourth-order valence-corrected chi connectivity index (χ4v) is 6.58. The maximum atomic E-state index is 16.0. The van der Waals surface area contributed by atoms with Crippen LogP contribution in [0.4, 0.5) is 14.5 Å². The molecule has 0 spiro atoms. The molecule has 1 saturated heterocycles. The molecule has 1 aliphatic heterocycles. The van der Waals surface area contributed by atoms with Gasteiger partial charge in [0, 0.05) is 34.3 Å². The first-order valence-corrected chi connectivity index (χ1v) is 14.6. The number of halogens is 4. The van der Waals surface area contributed by atoms with E-state index in [1.807, 2.05) is 20.8 Å². The minimum Gasteiger partial charge on any atom is -0.496 e. The smallest absolute Gasteiger partial charge is 0.341 e. The Morgan fingerprint density at radius 3 is 2.39 bits per heavy atom. The lowest BCUT2D eigenvalue weighted by Crippen LogP contribution is -2.45. The van der Waals surface area contributed by atoms with Gasteiger partial charge in [-0.05, 0) is 54.8 Å². The molecule has 1 N–H and O–H groups in total. The summed E-state index contributed by atoms with van der Waals surface area (Å²) in [5.74, 6) is -3.82. The van der Waals surface area contributed by atoms with Crippen LogP contribution in [0, 0.1) is 28.4 Å². The van der Waals surface area contributed by atoms with Crippen molar-refractivity contribution in [1.82, 2.24) is 4.90 Å². The lowest BCUT2D eigenvalue weighted by Gasteiger charge is -2.38. The van der Waals surface area contributed by atoms with Crippen LogP contribution >= 0.6 is 23.2 Å². The minimum atomic E-state index is -1.75. The maximum absolute atomic E-state index is 16.0. The summed E-state index contributed by atoms with van der Waals surface area (Å²) in [6, 6.07) is 13.2. The van der Waals surface area contributed by atoms with Crippen LogP contribution in [-0.4, -0.2) is 50.1 Å². The number of ether oxygens (including phenoxy) is 2. The number of nitrogens with zero attached hydrogens (tertiary/aromatic N) is 2. The summed E-state index contributed by atoms with van der Waals surface area (Å²) in [6.45, 7) is 5.91. The van der Waals surface area contributed by atoms with E-state index in [0.717, 1.165) is 6.07 Å². The summed E-state index contributed by atoms with van der Waals surface area (Å²) in [5, 5.41) is 13.8. The molecule has 0 unspecified atom stereocenters. The largest absolute Gasteiger partial charge is 0.496 e. The van der Waals surface area contributed by atoms with Gasteiger partial charge in [-0.3, -0.25) is 9.69 Å². The van der Waals surface area contributed by atoms with Crippen LogP contribution in [0.1, 0.15) is 54.6 Å². The zero-order valence-corrected chi connectivity index (χ0v) is 26.7. The molecule has 1 amide bonds. The van der Waals surface area contributed by atoms with Gasteiger partial charge in [-0.15, -0.1) is 0 Å². The van der Waals surface area contributed by atoms with E-state index in [1.54, 1.807) is 11.9 Å². The minimum absolute atomic E-state index is 0.00423. The Kier molecular flexibility index (Phi) is 9.60. The second-order valence-electron chi connectivity index (χ2n) is 12.0. The normalized spacial score (nSPS) is 21.9. The highest BCUT2D eigenvalue weighted by atomic mass is 35.5. The molecule has 0 aliphatic carbocycles. The Morgan fingerprint density at radius 1 is 1.09 bits per heavy atom. The van der Waals surface area contributed by atoms with Crippen LogP contribution in [0.3, 0.4) is 0 Å². The van der Waals surface area contributed by atoms with Gasteiger partial charge in [0.25, 0.3) is 0 Å². The predicted molar refractivity (Wildman–Crippen MR) is 165 cm³/mol. The molecule has 0 saturated carbocycles. The van der Waals surface area contributed by atoms with Crippen molar-refractivity contribution in [3.8, 4) is 11.8 Å². The zero-order chi connectivity index (χ0) is 32.6. The van der Waals surface area contributed by atoms with E-state index in [-0.39, 0.29) is 43.6 Å². The maximum Gasteiger partial charge on any atom is 0.341 e. The molecule has 44 heavy (non-hydrogen) atoms. The van der Waals surface area contributed by atoms with E-state index in [9.17, 15) is 14.9 Å². The Balaban J connectivity index is 1.96. The summed E-state index contributed by atoms with van der Waals surface area (Å²) in [5.41, 5.74) is -1.72. The van der Waals surface area contributed by atoms with Crippen molar-refractivity contribution in [3.05, 3.63) is 93.0 Å². The number of benzene rings is 3. The lowest BCUT2D eigenvalue weighted by atomic mass is 9.62. The highest BCUT2D eigenvalue weighted by Crippen LogP contribution is 2.56. The number of nitriles is 1. The Labute approximate surface area is 265 Å². The molecule has 1 aliphatic rings. The molecule has 3 aromatic carbocycles. The Morgan fingerprint density at radius 2 is 1.80 bits per heavy atom. The Hall–Kier alpha value is -3.71. The second kappa shape index (κ2) is 12.7. The molecule has 0 radical (unpaired) electrons. The van der Waals surface area contributed by atoms with Crippen LogP contribution in [0.15, 0.2) is 54.6 Å². The number of carbonyl (C=O) groups is 2. The summed E-state index contributed by atoms with van der Waals surface area (Å²) >= 11 is 12.3. The number of likely N-dealkylation sites (tertiary alicyclic amines) is 1. The van der Waals surface area contributed by atoms with Crippen LogP contribution in [0.5, 0.6) is 5.75 Å². The van der Waals surface area contributed by atoms with Gasteiger partial charge < -0.3 is 14.8 Å². The van der Waals surface area contributed by atoms with Gasteiger partial charge in [0.15, 0.2) is 0 Å². The molecule has 4 rings (SSSR count). The van der Waals surface area contributed by atoms with Crippen molar-refractivity contribution < 1.29 is 27.8 Å². The van der Waals surface area contributed by atoms with Crippen molar-refractivity contribution >= 4 is 40.8 Å².